The highest BCUT2D eigenvalue weighted by molar-refractivity contribution is 5.45. The number of rotatable bonds is 1. The fraction of sp³-hybridized carbons (Fsp3) is 0.500. The predicted molar refractivity (Wildman–Crippen MR) is 52.0 cm³/mol. The first-order valence-electron chi connectivity index (χ1n) is 4.30. The molecule has 0 aliphatic carbocycles. The lowest BCUT2D eigenvalue weighted by molar-refractivity contribution is 0.494. The minimum absolute atomic E-state index is 0.727. The molecule has 1 rings (SSSR count). The van der Waals surface area contributed by atoms with Gasteiger partial charge in [-0.3, -0.25) is 0 Å². The Hall–Kier alpha value is -1.05. The summed E-state index contributed by atoms with van der Waals surface area (Å²) >= 11 is 0. The smallest absolute Gasteiger partial charge is 0.191 e. The van der Waals surface area contributed by atoms with Gasteiger partial charge in [-0.05, 0) is 19.9 Å². The molecule has 2 heteroatoms. The molecular formula is C10H17NO. The molecule has 0 radical (unpaired) electrons. The number of aryl methyl sites for hydroxylation is 2. The second-order valence-corrected chi connectivity index (χ2v) is 2.17. The van der Waals surface area contributed by atoms with Crippen LogP contribution in [-0.4, -0.2) is 4.98 Å². The lowest BCUT2D eigenvalue weighted by Gasteiger charge is -1.81. The molecule has 2 nitrogen and oxygen atoms in total. The molecule has 0 unspecified atom stereocenters. The van der Waals surface area contributed by atoms with Crippen molar-refractivity contribution in [3.05, 3.63) is 23.4 Å². The van der Waals surface area contributed by atoms with E-state index in [1.54, 1.807) is 0 Å². The van der Waals surface area contributed by atoms with Crippen LogP contribution in [-0.2, 0) is 0 Å². The predicted octanol–water partition coefficient (Wildman–Crippen LogP) is 3.35. The van der Waals surface area contributed by atoms with Crippen LogP contribution in [0, 0.1) is 13.8 Å². The zero-order chi connectivity index (χ0) is 9.56. The molecule has 0 bridgehead atoms. The Morgan fingerprint density at radius 2 is 1.83 bits per heavy atom. The maximum absolute atomic E-state index is 5.20. The average Bonchev–Trinajstić information content (AvgIpc) is 2.35. The summed E-state index contributed by atoms with van der Waals surface area (Å²) in [6, 6.07) is 0. The zero-order valence-electron chi connectivity index (χ0n) is 8.51. The highest BCUT2D eigenvalue weighted by Crippen LogP contribution is 2.09. The summed E-state index contributed by atoms with van der Waals surface area (Å²) in [5.41, 5.74) is 0.931. The molecule has 1 aromatic heterocycles. The van der Waals surface area contributed by atoms with Gasteiger partial charge in [0.25, 0.3) is 0 Å². The van der Waals surface area contributed by atoms with E-state index in [4.69, 9.17) is 4.42 Å². The van der Waals surface area contributed by atoms with Crippen molar-refractivity contribution in [2.24, 2.45) is 0 Å². The molecule has 0 saturated heterocycles. The zero-order valence-corrected chi connectivity index (χ0v) is 8.51. The summed E-state index contributed by atoms with van der Waals surface area (Å²) in [6.45, 7) is 9.72. The third-order valence-corrected chi connectivity index (χ3v) is 1.26. The van der Waals surface area contributed by atoms with Crippen LogP contribution in [0.15, 0.2) is 10.5 Å². The van der Waals surface area contributed by atoms with Crippen molar-refractivity contribution >= 4 is 6.08 Å². The van der Waals surface area contributed by atoms with Gasteiger partial charge in [0, 0.05) is 6.92 Å². The number of oxazole rings is 1. The van der Waals surface area contributed by atoms with E-state index >= 15 is 0 Å². The largest absolute Gasteiger partial charge is 0.446 e. The lowest BCUT2D eigenvalue weighted by atomic mass is 10.3. The summed E-state index contributed by atoms with van der Waals surface area (Å²) in [7, 11) is 0. The minimum atomic E-state index is 0.727. The molecule has 0 atom stereocenters. The van der Waals surface area contributed by atoms with Crippen LogP contribution in [0.3, 0.4) is 0 Å². The molecule has 0 N–H and O–H groups in total. The Morgan fingerprint density at radius 3 is 2.17 bits per heavy atom. The van der Waals surface area contributed by atoms with Gasteiger partial charge in [-0.25, -0.2) is 4.98 Å². The van der Waals surface area contributed by atoms with Gasteiger partial charge in [0.15, 0.2) is 5.89 Å². The fourth-order valence-corrected chi connectivity index (χ4v) is 0.858. The molecule has 0 aliphatic heterocycles. The van der Waals surface area contributed by atoms with Crippen LogP contribution < -0.4 is 0 Å². The first-order valence-corrected chi connectivity index (χ1v) is 4.30. The van der Waals surface area contributed by atoms with E-state index in [2.05, 4.69) is 4.98 Å². The standard InChI is InChI=1S/C8H11NO.C2H6/c1-4-5-8-6(2)10-7(3)9-8;1-2/h4-5H,1-3H3;1-2H3/b5-4-;. The van der Waals surface area contributed by atoms with Gasteiger partial charge in [0.2, 0.25) is 0 Å². The van der Waals surface area contributed by atoms with Crippen molar-refractivity contribution < 1.29 is 4.42 Å². The number of aromatic nitrogens is 1. The highest BCUT2D eigenvalue weighted by atomic mass is 16.4. The number of hydrogen-bond donors (Lipinski definition) is 0. The van der Waals surface area contributed by atoms with Crippen molar-refractivity contribution in [1.29, 1.82) is 0 Å². The summed E-state index contributed by atoms with van der Waals surface area (Å²) in [5.74, 6) is 1.61. The SMILES string of the molecule is C/C=C\c1nc(C)oc1C.CC. The van der Waals surface area contributed by atoms with E-state index in [0.29, 0.717) is 0 Å². The van der Waals surface area contributed by atoms with Gasteiger partial charge < -0.3 is 4.42 Å². The van der Waals surface area contributed by atoms with Crippen LogP contribution in [0.5, 0.6) is 0 Å². The Bertz CT molecular complexity index is 248. The third kappa shape index (κ3) is 2.91. The monoisotopic (exact) mass is 167 g/mol. The van der Waals surface area contributed by atoms with E-state index in [-0.39, 0.29) is 0 Å². The van der Waals surface area contributed by atoms with Crippen molar-refractivity contribution in [1.82, 2.24) is 4.98 Å². The Morgan fingerprint density at radius 1 is 1.25 bits per heavy atom. The van der Waals surface area contributed by atoms with Gasteiger partial charge in [0.1, 0.15) is 11.5 Å². The maximum Gasteiger partial charge on any atom is 0.191 e. The Labute approximate surface area is 74.3 Å². The molecule has 0 saturated carbocycles. The van der Waals surface area contributed by atoms with Crippen molar-refractivity contribution in [2.75, 3.05) is 0 Å². The fourth-order valence-electron chi connectivity index (χ4n) is 0.858. The van der Waals surface area contributed by atoms with Crippen LogP contribution in [0.25, 0.3) is 6.08 Å². The molecule has 12 heavy (non-hydrogen) atoms. The summed E-state index contributed by atoms with van der Waals surface area (Å²) in [6.07, 6.45) is 3.89. The van der Waals surface area contributed by atoms with Crippen LogP contribution in [0.4, 0.5) is 0 Å². The minimum Gasteiger partial charge on any atom is -0.446 e. The molecule has 0 aliphatic rings. The molecule has 0 aromatic carbocycles. The molecule has 0 fully saturated rings. The van der Waals surface area contributed by atoms with Gasteiger partial charge in [-0.2, -0.15) is 0 Å². The molecule has 68 valence electrons. The van der Waals surface area contributed by atoms with Gasteiger partial charge in [-0.1, -0.05) is 19.9 Å². The molecule has 1 aromatic rings. The lowest BCUT2D eigenvalue weighted by Crippen LogP contribution is -1.73. The summed E-state index contributed by atoms with van der Waals surface area (Å²) in [5, 5.41) is 0. The van der Waals surface area contributed by atoms with Gasteiger partial charge in [0.05, 0.1) is 0 Å². The average molecular weight is 167 g/mol. The quantitative estimate of drug-likeness (QED) is 0.641. The highest BCUT2D eigenvalue weighted by Gasteiger charge is 2.00. The van der Waals surface area contributed by atoms with Crippen molar-refractivity contribution in [2.45, 2.75) is 34.6 Å². The van der Waals surface area contributed by atoms with Crippen molar-refractivity contribution in [3.63, 3.8) is 0 Å². The van der Waals surface area contributed by atoms with Crippen LogP contribution >= 0.6 is 0 Å². The number of allylic oxidation sites excluding steroid dienone is 1. The Balaban J connectivity index is 0.000000561. The summed E-state index contributed by atoms with van der Waals surface area (Å²) in [4.78, 5) is 4.15. The van der Waals surface area contributed by atoms with E-state index in [1.165, 1.54) is 0 Å². The second-order valence-electron chi connectivity index (χ2n) is 2.17. The topological polar surface area (TPSA) is 26.0 Å². The summed E-state index contributed by atoms with van der Waals surface area (Å²) < 4.78 is 5.20. The van der Waals surface area contributed by atoms with E-state index in [9.17, 15) is 0 Å². The van der Waals surface area contributed by atoms with E-state index < -0.39 is 0 Å². The molecule has 1 heterocycles. The number of hydrogen-bond acceptors (Lipinski definition) is 2. The van der Waals surface area contributed by atoms with Crippen LogP contribution in [0.1, 0.15) is 38.1 Å². The first-order chi connectivity index (χ1) is 5.74. The van der Waals surface area contributed by atoms with Crippen LogP contribution in [0.2, 0.25) is 0 Å². The van der Waals surface area contributed by atoms with Gasteiger partial charge >= 0.3 is 0 Å². The third-order valence-electron chi connectivity index (χ3n) is 1.26. The molecular weight excluding hydrogens is 150 g/mol. The first kappa shape index (κ1) is 11.0. The molecule has 0 spiro atoms. The maximum atomic E-state index is 5.20. The molecule has 0 amide bonds. The normalized spacial score (nSPS) is 9.75. The number of nitrogens with zero attached hydrogens (tertiary/aromatic N) is 1. The van der Waals surface area contributed by atoms with E-state index in [1.807, 2.05) is 46.8 Å². The van der Waals surface area contributed by atoms with Gasteiger partial charge in [-0.15, -0.1) is 0 Å². The van der Waals surface area contributed by atoms with E-state index in [0.717, 1.165) is 17.3 Å². The second kappa shape index (κ2) is 5.58. The Kier molecular flexibility index (Phi) is 5.09. The van der Waals surface area contributed by atoms with Crippen molar-refractivity contribution in [3.8, 4) is 0 Å².